The maximum atomic E-state index is 5.75. The van der Waals surface area contributed by atoms with Gasteiger partial charge in [0.05, 0.1) is 6.61 Å². The third kappa shape index (κ3) is 3.71. The van der Waals surface area contributed by atoms with Crippen LogP contribution in [0.2, 0.25) is 0 Å². The molecule has 2 nitrogen and oxygen atoms in total. The first kappa shape index (κ1) is 14.8. The van der Waals surface area contributed by atoms with Gasteiger partial charge in [0, 0.05) is 17.1 Å². The molecular weight excluding hydrogens is 316 g/mol. The Morgan fingerprint density at radius 2 is 1.90 bits per heavy atom. The molecule has 0 aromatic heterocycles. The maximum absolute atomic E-state index is 5.75. The number of halogens is 1. The van der Waals surface area contributed by atoms with Gasteiger partial charge < -0.3 is 9.47 Å². The monoisotopic (exact) mass is 332 g/mol. The van der Waals surface area contributed by atoms with Gasteiger partial charge in [-0.2, -0.15) is 0 Å². The summed E-state index contributed by atoms with van der Waals surface area (Å²) in [7, 11) is 1.66. The van der Waals surface area contributed by atoms with Crippen LogP contribution >= 0.6 is 15.9 Å². The zero-order valence-electron chi connectivity index (χ0n) is 11.4. The Hall–Kier alpha value is -1.58. The van der Waals surface area contributed by atoms with Crippen molar-refractivity contribution < 1.29 is 9.47 Å². The second-order valence-corrected chi connectivity index (χ2v) is 5.24. The number of hydrogen-bond acceptors (Lipinski definition) is 2. The van der Waals surface area contributed by atoms with Crippen molar-refractivity contribution in [3.05, 3.63) is 70.7 Å². The van der Waals surface area contributed by atoms with Crippen LogP contribution in [-0.4, -0.2) is 20.3 Å². The van der Waals surface area contributed by atoms with Crippen molar-refractivity contribution in [2.24, 2.45) is 0 Å². The van der Waals surface area contributed by atoms with E-state index in [1.54, 1.807) is 7.11 Å². The van der Waals surface area contributed by atoms with Crippen molar-refractivity contribution in [2.75, 3.05) is 20.3 Å². The summed E-state index contributed by atoms with van der Waals surface area (Å²) >= 11 is 3.48. The molecule has 0 atom stereocenters. The number of para-hydroxylation sites is 1. The highest BCUT2D eigenvalue weighted by Crippen LogP contribution is 2.30. The number of rotatable bonds is 6. The lowest BCUT2D eigenvalue weighted by Gasteiger charge is -2.13. The first-order chi connectivity index (χ1) is 9.72. The molecule has 0 aliphatic carbocycles. The molecule has 0 heterocycles. The lowest BCUT2D eigenvalue weighted by molar-refractivity contribution is 0.146. The normalized spacial score (nSPS) is 10.3. The maximum Gasteiger partial charge on any atom is 0.127 e. The van der Waals surface area contributed by atoms with Crippen molar-refractivity contribution in [1.82, 2.24) is 0 Å². The number of benzene rings is 2. The van der Waals surface area contributed by atoms with Gasteiger partial charge in [0.15, 0.2) is 0 Å². The van der Waals surface area contributed by atoms with Crippen LogP contribution in [0.5, 0.6) is 5.75 Å². The van der Waals surface area contributed by atoms with Crippen molar-refractivity contribution in [3.8, 4) is 5.75 Å². The highest BCUT2D eigenvalue weighted by molar-refractivity contribution is 9.10. The van der Waals surface area contributed by atoms with Crippen LogP contribution in [0.4, 0.5) is 0 Å². The topological polar surface area (TPSA) is 18.5 Å². The molecule has 0 amide bonds. The molecule has 0 aliphatic heterocycles. The fourth-order valence-electron chi connectivity index (χ4n) is 1.91. The van der Waals surface area contributed by atoms with Crippen molar-refractivity contribution in [1.29, 1.82) is 0 Å². The SMILES string of the molecule is C=C(c1cccc(Br)c1)c1ccccc1OCCOC. The van der Waals surface area contributed by atoms with E-state index in [9.17, 15) is 0 Å². The first-order valence-corrected chi connectivity index (χ1v) is 7.17. The fraction of sp³-hybridized carbons (Fsp3) is 0.176. The van der Waals surface area contributed by atoms with E-state index >= 15 is 0 Å². The molecule has 3 heteroatoms. The molecule has 2 aromatic carbocycles. The molecule has 0 bridgehead atoms. The minimum absolute atomic E-state index is 0.527. The van der Waals surface area contributed by atoms with E-state index in [4.69, 9.17) is 9.47 Å². The smallest absolute Gasteiger partial charge is 0.127 e. The van der Waals surface area contributed by atoms with Gasteiger partial charge in [0.1, 0.15) is 12.4 Å². The standard InChI is InChI=1S/C17H17BrO2/c1-13(14-6-5-7-15(18)12-14)16-8-3-4-9-17(16)20-11-10-19-2/h3-9,12H,1,10-11H2,2H3. The van der Waals surface area contributed by atoms with Crippen molar-refractivity contribution in [2.45, 2.75) is 0 Å². The van der Waals surface area contributed by atoms with E-state index in [-0.39, 0.29) is 0 Å². The Bertz CT molecular complexity index is 593. The average molecular weight is 333 g/mol. The van der Waals surface area contributed by atoms with Crippen LogP contribution in [0.25, 0.3) is 5.57 Å². The third-order valence-electron chi connectivity index (χ3n) is 2.93. The molecule has 0 saturated heterocycles. The predicted octanol–water partition coefficient (Wildman–Crippen LogP) is 4.54. The highest BCUT2D eigenvalue weighted by Gasteiger charge is 2.09. The summed E-state index contributed by atoms with van der Waals surface area (Å²) in [5.41, 5.74) is 3.02. The summed E-state index contributed by atoms with van der Waals surface area (Å²) in [6, 6.07) is 16.0. The quantitative estimate of drug-likeness (QED) is 0.723. The van der Waals surface area contributed by atoms with E-state index in [0.717, 1.165) is 26.9 Å². The number of ether oxygens (including phenoxy) is 2. The molecule has 0 N–H and O–H groups in total. The molecule has 0 unspecified atom stereocenters. The molecule has 0 saturated carbocycles. The molecule has 20 heavy (non-hydrogen) atoms. The van der Waals surface area contributed by atoms with Crippen LogP contribution in [0, 0.1) is 0 Å². The zero-order valence-corrected chi connectivity index (χ0v) is 13.0. The minimum atomic E-state index is 0.527. The summed E-state index contributed by atoms with van der Waals surface area (Å²) in [4.78, 5) is 0. The van der Waals surface area contributed by atoms with Crippen LogP contribution in [-0.2, 0) is 4.74 Å². The molecule has 0 radical (unpaired) electrons. The summed E-state index contributed by atoms with van der Waals surface area (Å²) in [6.45, 7) is 5.29. The summed E-state index contributed by atoms with van der Waals surface area (Å²) < 4.78 is 11.8. The van der Waals surface area contributed by atoms with E-state index in [2.05, 4.69) is 22.5 Å². The Morgan fingerprint density at radius 1 is 1.10 bits per heavy atom. The second-order valence-electron chi connectivity index (χ2n) is 4.33. The van der Waals surface area contributed by atoms with Crippen molar-refractivity contribution in [3.63, 3.8) is 0 Å². The Balaban J connectivity index is 2.25. The summed E-state index contributed by atoms with van der Waals surface area (Å²) in [5, 5.41) is 0. The van der Waals surface area contributed by atoms with Gasteiger partial charge in [-0.15, -0.1) is 0 Å². The van der Waals surface area contributed by atoms with Crippen LogP contribution in [0.15, 0.2) is 59.6 Å². The summed E-state index contributed by atoms with van der Waals surface area (Å²) in [6.07, 6.45) is 0. The number of methoxy groups -OCH3 is 1. The number of hydrogen-bond donors (Lipinski definition) is 0. The lowest BCUT2D eigenvalue weighted by atomic mass is 9.99. The minimum Gasteiger partial charge on any atom is -0.491 e. The van der Waals surface area contributed by atoms with E-state index < -0.39 is 0 Å². The lowest BCUT2D eigenvalue weighted by Crippen LogP contribution is -2.05. The van der Waals surface area contributed by atoms with E-state index in [1.807, 2.05) is 48.5 Å². The van der Waals surface area contributed by atoms with Gasteiger partial charge in [0.2, 0.25) is 0 Å². The van der Waals surface area contributed by atoms with Gasteiger partial charge in [-0.25, -0.2) is 0 Å². The van der Waals surface area contributed by atoms with Crippen molar-refractivity contribution >= 4 is 21.5 Å². The van der Waals surface area contributed by atoms with Crippen LogP contribution in [0.1, 0.15) is 11.1 Å². The van der Waals surface area contributed by atoms with Gasteiger partial charge >= 0.3 is 0 Å². The van der Waals surface area contributed by atoms with Gasteiger partial charge in [-0.1, -0.05) is 52.8 Å². The largest absolute Gasteiger partial charge is 0.491 e. The van der Waals surface area contributed by atoms with Gasteiger partial charge in [0.25, 0.3) is 0 Å². The average Bonchev–Trinajstić information content (AvgIpc) is 2.47. The molecular formula is C17H17BrO2. The fourth-order valence-corrected chi connectivity index (χ4v) is 2.31. The molecule has 0 fully saturated rings. The Labute approximate surface area is 128 Å². The summed E-state index contributed by atoms with van der Waals surface area (Å²) in [5.74, 6) is 0.828. The van der Waals surface area contributed by atoms with E-state index in [0.29, 0.717) is 13.2 Å². The molecule has 2 rings (SSSR count). The second kappa shape index (κ2) is 7.27. The molecule has 104 valence electrons. The van der Waals surface area contributed by atoms with Crippen LogP contribution < -0.4 is 4.74 Å². The molecule has 2 aromatic rings. The van der Waals surface area contributed by atoms with Crippen LogP contribution in [0.3, 0.4) is 0 Å². The molecule has 0 aliphatic rings. The Morgan fingerprint density at radius 3 is 2.65 bits per heavy atom. The Kier molecular flexibility index (Phi) is 5.39. The third-order valence-corrected chi connectivity index (χ3v) is 3.42. The zero-order chi connectivity index (χ0) is 14.4. The van der Waals surface area contributed by atoms with Gasteiger partial charge in [-0.05, 0) is 29.3 Å². The highest BCUT2D eigenvalue weighted by atomic mass is 79.9. The predicted molar refractivity (Wildman–Crippen MR) is 86.1 cm³/mol. The van der Waals surface area contributed by atoms with E-state index in [1.165, 1.54) is 0 Å². The molecule has 0 spiro atoms. The van der Waals surface area contributed by atoms with Gasteiger partial charge in [-0.3, -0.25) is 0 Å². The first-order valence-electron chi connectivity index (χ1n) is 6.38.